The molecule has 1 aromatic carbocycles. The van der Waals surface area contributed by atoms with E-state index in [0.29, 0.717) is 12.1 Å². The molecule has 0 aliphatic heterocycles. The molecule has 98 valence electrons. The highest BCUT2D eigenvalue weighted by molar-refractivity contribution is 5.37. The van der Waals surface area contributed by atoms with Crippen LogP contribution in [0.4, 0.5) is 4.39 Å². The minimum absolute atomic E-state index is 0.0824. The van der Waals surface area contributed by atoms with E-state index >= 15 is 0 Å². The van der Waals surface area contributed by atoms with E-state index in [1.807, 2.05) is 0 Å². The van der Waals surface area contributed by atoms with Crippen molar-refractivity contribution in [3.63, 3.8) is 0 Å². The molecule has 0 saturated carbocycles. The summed E-state index contributed by atoms with van der Waals surface area (Å²) in [4.78, 5) is 0. The molecule has 1 aromatic rings. The zero-order valence-electron chi connectivity index (χ0n) is 11.4. The summed E-state index contributed by atoms with van der Waals surface area (Å²) in [6.45, 7) is 6.99. The second-order valence-electron chi connectivity index (χ2n) is 4.61. The summed E-state index contributed by atoms with van der Waals surface area (Å²) in [6, 6.07) is 6.42. The van der Waals surface area contributed by atoms with Gasteiger partial charge >= 0.3 is 0 Å². The normalized spacial score (nSPS) is 11.3. The summed E-state index contributed by atoms with van der Waals surface area (Å²) < 4.78 is 13.2. The van der Waals surface area contributed by atoms with Crippen molar-refractivity contribution in [3.05, 3.63) is 35.1 Å². The maximum Gasteiger partial charge on any atom is 0.123 e. The first-order chi connectivity index (χ1) is 8.60. The molecule has 1 N–H and O–H groups in total. The molecule has 0 bridgehead atoms. The molecular formula is C15H21FN2. The van der Waals surface area contributed by atoms with Crippen LogP contribution in [-0.2, 0) is 6.54 Å². The van der Waals surface area contributed by atoms with Crippen molar-refractivity contribution >= 4 is 0 Å². The molecule has 18 heavy (non-hydrogen) atoms. The third-order valence-electron chi connectivity index (χ3n) is 3.87. The zero-order chi connectivity index (χ0) is 13.6. The fraction of sp³-hybridized carbons (Fsp3) is 0.533. The van der Waals surface area contributed by atoms with E-state index in [9.17, 15) is 4.39 Å². The number of hydrogen-bond acceptors (Lipinski definition) is 2. The predicted molar refractivity (Wildman–Crippen MR) is 71.6 cm³/mol. The van der Waals surface area contributed by atoms with Gasteiger partial charge in [0, 0.05) is 12.1 Å². The number of nitriles is 1. The Balaban J connectivity index is 2.85. The first-order valence-electron chi connectivity index (χ1n) is 6.54. The van der Waals surface area contributed by atoms with Crippen LogP contribution in [0.1, 0.15) is 51.2 Å². The maximum absolute atomic E-state index is 13.2. The van der Waals surface area contributed by atoms with E-state index in [4.69, 9.17) is 5.26 Å². The molecule has 0 fully saturated rings. The molecule has 0 atom stereocenters. The third kappa shape index (κ3) is 3.30. The fourth-order valence-electron chi connectivity index (χ4n) is 2.23. The van der Waals surface area contributed by atoms with Crippen LogP contribution in [0, 0.1) is 17.1 Å². The van der Waals surface area contributed by atoms with Crippen LogP contribution < -0.4 is 5.32 Å². The average molecular weight is 248 g/mol. The van der Waals surface area contributed by atoms with Crippen LogP contribution in [0.15, 0.2) is 18.2 Å². The standard InChI is InChI=1S/C15H21FN2/c1-4-15(5-2,6-3)18-11-13-9-14(16)8-7-12(13)10-17/h7-9,18H,4-6,11H2,1-3H3. The number of nitrogens with zero attached hydrogens (tertiary/aromatic N) is 1. The Hall–Kier alpha value is -1.40. The highest BCUT2D eigenvalue weighted by atomic mass is 19.1. The summed E-state index contributed by atoms with van der Waals surface area (Å²) in [7, 11) is 0. The van der Waals surface area contributed by atoms with Crippen molar-refractivity contribution in [2.75, 3.05) is 0 Å². The van der Waals surface area contributed by atoms with Crippen LogP contribution >= 0.6 is 0 Å². The Morgan fingerprint density at radius 2 is 1.83 bits per heavy atom. The zero-order valence-corrected chi connectivity index (χ0v) is 11.4. The van der Waals surface area contributed by atoms with Crippen LogP contribution in [-0.4, -0.2) is 5.54 Å². The van der Waals surface area contributed by atoms with Gasteiger partial charge in [-0.1, -0.05) is 20.8 Å². The van der Waals surface area contributed by atoms with Gasteiger partial charge in [-0.25, -0.2) is 4.39 Å². The van der Waals surface area contributed by atoms with Crippen molar-refractivity contribution in [1.29, 1.82) is 5.26 Å². The Labute approximate surface area is 109 Å². The molecule has 0 aliphatic rings. The molecule has 0 amide bonds. The molecular weight excluding hydrogens is 227 g/mol. The Morgan fingerprint density at radius 1 is 1.22 bits per heavy atom. The van der Waals surface area contributed by atoms with Crippen molar-refractivity contribution in [2.24, 2.45) is 0 Å². The molecule has 0 unspecified atom stereocenters. The molecule has 3 heteroatoms. The lowest BCUT2D eigenvalue weighted by Gasteiger charge is -2.32. The summed E-state index contributed by atoms with van der Waals surface area (Å²) in [5.41, 5.74) is 1.36. The lowest BCUT2D eigenvalue weighted by molar-refractivity contribution is 0.288. The van der Waals surface area contributed by atoms with Crippen LogP contribution in [0.25, 0.3) is 0 Å². The highest BCUT2D eigenvalue weighted by Gasteiger charge is 2.23. The highest BCUT2D eigenvalue weighted by Crippen LogP contribution is 2.21. The molecule has 2 nitrogen and oxygen atoms in total. The van der Waals surface area contributed by atoms with Gasteiger partial charge in [-0.3, -0.25) is 0 Å². The van der Waals surface area contributed by atoms with Gasteiger partial charge in [0.15, 0.2) is 0 Å². The number of halogens is 1. The fourth-order valence-corrected chi connectivity index (χ4v) is 2.23. The summed E-state index contributed by atoms with van der Waals surface area (Å²) in [5.74, 6) is -0.291. The van der Waals surface area contributed by atoms with Crippen LogP contribution in [0.2, 0.25) is 0 Å². The number of rotatable bonds is 6. The summed E-state index contributed by atoms with van der Waals surface area (Å²) in [5, 5.41) is 12.5. The average Bonchev–Trinajstić information content (AvgIpc) is 2.41. The van der Waals surface area contributed by atoms with Gasteiger partial charge in [0.05, 0.1) is 11.6 Å². The number of benzene rings is 1. The van der Waals surface area contributed by atoms with Crippen molar-refractivity contribution < 1.29 is 4.39 Å². The van der Waals surface area contributed by atoms with E-state index in [-0.39, 0.29) is 11.4 Å². The molecule has 0 heterocycles. The van der Waals surface area contributed by atoms with E-state index in [1.54, 1.807) is 0 Å². The van der Waals surface area contributed by atoms with Gasteiger partial charge in [-0.15, -0.1) is 0 Å². The van der Waals surface area contributed by atoms with Gasteiger partial charge in [0.2, 0.25) is 0 Å². The van der Waals surface area contributed by atoms with Crippen molar-refractivity contribution in [3.8, 4) is 6.07 Å². The third-order valence-corrected chi connectivity index (χ3v) is 3.87. The minimum atomic E-state index is -0.291. The van der Waals surface area contributed by atoms with Gasteiger partial charge in [-0.05, 0) is 43.0 Å². The van der Waals surface area contributed by atoms with Gasteiger partial charge in [0.25, 0.3) is 0 Å². The van der Waals surface area contributed by atoms with E-state index in [0.717, 1.165) is 24.8 Å². The van der Waals surface area contributed by atoms with Crippen LogP contribution in [0.5, 0.6) is 0 Å². The Morgan fingerprint density at radius 3 is 2.33 bits per heavy atom. The Bertz CT molecular complexity index is 422. The summed E-state index contributed by atoms with van der Waals surface area (Å²) >= 11 is 0. The summed E-state index contributed by atoms with van der Waals surface area (Å²) in [6.07, 6.45) is 3.08. The SMILES string of the molecule is CCC(CC)(CC)NCc1cc(F)ccc1C#N. The second-order valence-corrected chi connectivity index (χ2v) is 4.61. The number of nitrogens with one attached hydrogen (secondary N) is 1. The Kier molecular flexibility index (Phi) is 5.30. The predicted octanol–water partition coefficient (Wildman–Crippen LogP) is 3.76. The van der Waals surface area contributed by atoms with Gasteiger partial charge in [0.1, 0.15) is 5.82 Å². The minimum Gasteiger partial charge on any atom is -0.307 e. The number of hydrogen-bond donors (Lipinski definition) is 1. The van der Waals surface area contributed by atoms with Crippen molar-refractivity contribution in [2.45, 2.75) is 52.1 Å². The van der Waals surface area contributed by atoms with E-state index in [2.05, 4.69) is 32.2 Å². The largest absolute Gasteiger partial charge is 0.307 e. The van der Waals surface area contributed by atoms with Gasteiger partial charge in [-0.2, -0.15) is 5.26 Å². The monoisotopic (exact) mass is 248 g/mol. The first kappa shape index (κ1) is 14.7. The molecule has 0 aromatic heterocycles. The molecule has 0 saturated heterocycles. The smallest absolute Gasteiger partial charge is 0.123 e. The molecule has 0 aliphatic carbocycles. The van der Waals surface area contributed by atoms with Crippen molar-refractivity contribution in [1.82, 2.24) is 5.32 Å². The second kappa shape index (κ2) is 6.51. The topological polar surface area (TPSA) is 35.8 Å². The molecule has 1 rings (SSSR count). The maximum atomic E-state index is 13.2. The van der Waals surface area contributed by atoms with Gasteiger partial charge < -0.3 is 5.32 Å². The lowest BCUT2D eigenvalue weighted by Crippen LogP contribution is -2.43. The van der Waals surface area contributed by atoms with E-state index in [1.165, 1.54) is 18.2 Å². The molecule has 0 radical (unpaired) electrons. The quantitative estimate of drug-likeness (QED) is 0.832. The van der Waals surface area contributed by atoms with E-state index < -0.39 is 0 Å². The lowest BCUT2D eigenvalue weighted by atomic mass is 9.89. The molecule has 0 spiro atoms. The van der Waals surface area contributed by atoms with Crippen LogP contribution in [0.3, 0.4) is 0 Å². The first-order valence-corrected chi connectivity index (χ1v) is 6.54.